The van der Waals surface area contributed by atoms with Gasteiger partial charge in [0.15, 0.2) is 0 Å². The number of hydrogen-bond acceptors (Lipinski definition) is 2. The summed E-state index contributed by atoms with van der Waals surface area (Å²) in [6, 6.07) is 0. The van der Waals surface area contributed by atoms with E-state index < -0.39 is 0 Å². The van der Waals surface area contributed by atoms with Crippen molar-refractivity contribution < 1.29 is 9.53 Å². The van der Waals surface area contributed by atoms with Crippen molar-refractivity contribution in [1.29, 1.82) is 0 Å². The van der Waals surface area contributed by atoms with Gasteiger partial charge in [0.25, 0.3) is 0 Å². The average Bonchev–Trinajstić information content (AvgIpc) is 2.53. The maximum Gasteiger partial charge on any atom is 0.125 e. The second kappa shape index (κ2) is 4.04. The summed E-state index contributed by atoms with van der Waals surface area (Å²) in [6.07, 6.45) is 4.36. The van der Waals surface area contributed by atoms with Crippen LogP contribution in [0.4, 0.5) is 0 Å². The third-order valence-corrected chi connectivity index (χ3v) is 2.54. The van der Waals surface area contributed by atoms with E-state index in [4.69, 9.17) is 4.74 Å². The van der Waals surface area contributed by atoms with Gasteiger partial charge in [0, 0.05) is 18.6 Å². The Morgan fingerprint density at radius 1 is 1.58 bits per heavy atom. The molecule has 2 heteroatoms. The summed E-state index contributed by atoms with van der Waals surface area (Å²) in [6.45, 7) is 5.80. The highest BCUT2D eigenvalue weighted by molar-refractivity contribution is 5.57. The molecule has 1 aliphatic rings. The highest BCUT2D eigenvalue weighted by atomic mass is 16.5. The third kappa shape index (κ3) is 2.94. The molecule has 70 valence electrons. The van der Waals surface area contributed by atoms with Crippen LogP contribution in [0.25, 0.3) is 0 Å². The highest BCUT2D eigenvalue weighted by Gasteiger charge is 2.21. The summed E-state index contributed by atoms with van der Waals surface area (Å²) in [4.78, 5) is 10.6. The summed E-state index contributed by atoms with van der Waals surface area (Å²) >= 11 is 0. The summed E-state index contributed by atoms with van der Waals surface area (Å²) in [5.41, 5.74) is -0.136. The second-order valence-corrected chi connectivity index (χ2v) is 4.37. The van der Waals surface area contributed by atoms with E-state index in [1.165, 1.54) is 6.42 Å². The maximum absolute atomic E-state index is 10.6. The lowest BCUT2D eigenvalue weighted by atomic mass is 9.86. The van der Waals surface area contributed by atoms with E-state index in [0.717, 1.165) is 32.3 Å². The molecule has 0 N–H and O–H groups in total. The van der Waals surface area contributed by atoms with Gasteiger partial charge in [0.05, 0.1) is 0 Å². The normalized spacial score (nSPS) is 24.3. The summed E-state index contributed by atoms with van der Waals surface area (Å²) < 4.78 is 5.27. The van der Waals surface area contributed by atoms with Gasteiger partial charge in [-0.15, -0.1) is 0 Å². The van der Waals surface area contributed by atoms with E-state index >= 15 is 0 Å². The van der Waals surface area contributed by atoms with Crippen molar-refractivity contribution in [1.82, 2.24) is 0 Å². The molecule has 1 saturated heterocycles. The molecule has 0 aromatic rings. The molecule has 0 aliphatic carbocycles. The van der Waals surface area contributed by atoms with E-state index in [1.54, 1.807) is 0 Å². The molecule has 0 aromatic carbocycles. The monoisotopic (exact) mass is 170 g/mol. The van der Waals surface area contributed by atoms with Crippen molar-refractivity contribution in [3.8, 4) is 0 Å². The van der Waals surface area contributed by atoms with Crippen LogP contribution in [0.15, 0.2) is 0 Å². The van der Waals surface area contributed by atoms with E-state index in [-0.39, 0.29) is 5.41 Å². The summed E-state index contributed by atoms with van der Waals surface area (Å²) in [7, 11) is 0. The summed E-state index contributed by atoms with van der Waals surface area (Å²) in [5, 5.41) is 0. The van der Waals surface area contributed by atoms with Gasteiger partial charge < -0.3 is 9.53 Å². The fraction of sp³-hybridized carbons (Fsp3) is 0.900. The number of rotatable bonds is 4. The predicted octanol–water partition coefficient (Wildman–Crippen LogP) is 2.03. The van der Waals surface area contributed by atoms with Crippen molar-refractivity contribution >= 4 is 6.29 Å². The minimum Gasteiger partial charge on any atom is -0.381 e. The topological polar surface area (TPSA) is 26.3 Å². The van der Waals surface area contributed by atoms with Crippen LogP contribution in [0.5, 0.6) is 0 Å². The Hall–Kier alpha value is -0.370. The first-order chi connectivity index (χ1) is 5.64. The zero-order chi connectivity index (χ0) is 9.03. The smallest absolute Gasteiger partial charge is 0.125 e. The van der Waals surface area contributed by atoms with Crippen LogP contribution in [0.2, 0.25) is 0 Å². The van der Waals surface area contributed by atoms with Crippen LogP contribution in [0, 0.1) is 11.3 Å². The zero-order valence-corrected chi connectivity index (χ0v) is 8.01. The van der Waals surface area contributed by atoms with Crippen molar-refractivity contribution in [3.63, 3.8) is 0 Å². The number of aldehydes is 1. The van der Waals surface area contributed by atoms with E-state index in [2.05, 4.69) is 0 Å². The van der Waals surface area contributed by atoms with Gasteiger partial charge >= 0.3 is 0 Å². The molecule has 0 spiro atoms. The molecule has 1 rings (SSSR count). The Labute approximate surface area is 74.3 Å². The van der Waals surface area contributed by atoms with Crippen LogP contribution in [-0.4, -0.2) is 19.5 Å². The molecule has 1 aliphatic heterocycles. The second-order valence-electron chi connectivity index (χ2n) is 4.37. The van der Waals surface area contributed by atoms with E-state index in [9.17, 15) is 4.79 Å². The van der Waals surface area contributed by atoms with E-state index in [0.29, 0.717) is 5.92 Å². The van der Waals surface area contributed by atoms with Crippen LogP contribution in [0.1, 0.15) is 33.1 Å². The Balaban J connectivity index is 2.19. The Morgan fingerprint density at radius 2 is 2.33 bits per heavy atom. The minimum absolute atomic E-state index is 0.136. The van der Waals surface area contributed by atoms with Gasteiger partial charge in [-0.1, -0.05) is 13.8 Å². The lowest BCUT2D eigenvalue weighted by Gasteiger charge is -2.18. The molecule has 1 fully saturated rings. The Kier molecular flexibility index (Phi) is 3.27. The van der Waals surface area contributed by atoms with Gasteiger partial charge in [-0.05, 0) is 25.2 Å². The average molecular weight is 170 g/mol. The van der Waals surface area contributed by atoms with Crippen molar-refractivity contribution in [2.75, 3.05) is 13.2 Å². The quantitative estimate of drug-likeness (QED) is 0.603. The number of hydrogen-bond donors (Lipinski definition) is 0. The first-order valence-corrected chi connectivity index (χ1v) is 4.68. The molecular weight excluding hydrogens is 152 g/mol. The molecule has 1 heterocycles. The van der Waals surface area contributed by atoms with Gasteiger partial charge in [0.1, 0.15) is 6.29 Å². The minimum atomic E-state index is -0.136. The third-order valence-electron chi connectivity index (χ3n) is 2.54. The number of carbonyl (C=O) groups is 1. The van der Waals surface area contributed by atoms with Crippen molar-refractivity contribution in [2.45, 2.75) is 33.1 Å². The predicted molar refractivity (Wildman–Crippen MR) is 48.0 cm³/mol. The zero-order valence-electron chi connectivity index (χ0n) is 8.01. The van der Waals surface area contributed by atoms with Crippen molar-refractivity contribution in [2.24, 2.45) is 11.3 Å². The van der Waals surface area contributed by atoms with Gasteiger partial charge in [0.2, 0.25) is 0 Å². The van der Waals surface area contributed by atoms with Crippen LogP contribution >= 0.6 is 0 Å². The molecule has 0 radical (unpaired) electrons. The molecule has 0 saturated carbocycles. The lowest BCUT2D eigenvalue weighted by molar-refractivity contribution is -0.115. The van der Waals surface area contributed by atoms with Crippen LogP contribution in [-0.2, 0) is 9.53 Å². The number of ether oxygens (including phenoxy) is 1. The fourth-order valence-electron chi connectivity index (χ4n) is 1.45. The molecule has 2 nitrogen and oxygen atoms in total. The van der Waals surface area contributed by atoms with E-state index in [1.807, 2.05) is 13.8 Å². The molecular formula is C10H18O2. The van der Waals surface area contributed by atoms with Crippen molar-refractivity contribution in [3.05, 3.63) is 0 Å². The first-order valence-electron chi connectivity index (χ1n) is 4.68. The fourth-order valence-corrected chi connectivity index (χ4v) is 1.45. The first kappa shape index (κ1) is 9.72. The van der Waals surface area contributed by atoms with Crippen LogP contribution < -0.4 is 0 Å². The molecule has 0 aromatic heterocycles. The molecule has 0 bridgehead atoms. The SMILES string of the molecule is CC(C)(C=O)CCC1CCOC1. The van der Waals surface area contributed by atoms with Crippen LogP contribution in [0.3, 0.4) is 0 Å². The standard InChI is InChI=1S/C10H18O2/c1-10(2,8-11)5-3-9-4-6-12-7-9/h8-9H,3-7H2,1-2H3. The Morgan fingerprint density at radius 3 is 2.83 bits per heavy atom. The molecule has 0 amide bonds. The highest BCUT2D eigenvalue weighted by Crippen LogP contribution is 2.26. The maximum atomic E-state index is 10.6. The molecule has 12 heavy (non-hydrogen) atoms. The van der Waals surface area contributed by atoms with Gasteiger partial charge in [-0.3, -0.25) is 0 Å². The lowest BCUT2D eigenvalue weighted by Crippen LogP contribution is -2.15. The van der Waals surface area contributed by atoms with Gasteiger partial charge in [-0.2, -0.15) is 0 Å². The van der Waals surface area contributed by atoms with Gasteiger partial charge in [-0.25, -0.2) is 0 Å². The molecule has 1 atom stereocenters. The summed E-state index contributed by atoms with van der Waals surface area (Å²) in [5.74, 6) is 0.698. The Bertz CT molecular complexity index is 146. The number of carbonyl (C=O) groups excluding carboxylic acids is 1. The largest absolute Gasteiger partial charge is 0.381 e. The molecule has 1 unspecified atom stereocenters.